The monoisotopic (exact) mass is 234 g/mol. The Morgan fingerprint density at radius 3 is 3.00 bits per heavy atom. The molecule has 1 aliphatic heterocycles. The van der Waals surface area contributed by atoms with Crippen molar-refractivity contribution in [3.05, 3.63) is 23.8 Å². The molecule has 1 aromatic carbocycles. The van der Waals surface area contributed by atoms with Crippen molar-refractivity contribution < 1.29 is 24.2 Å². The second kappa shape index (κ2) is 3.00. The van der Waals surface area contributed by atoms with Crippen LogP contribution in [0.5, 0.6) is 11.5 Å². The number of hydrogen-bond acceptors (Lipinski definition) is 4. The molecule has 5 heteroatoms. The number of Topliss-reactive ketones (excluding diaryl/α,β-unsaturated/α-hetero) is 1. The molecule has 0 radical (unpaired) electrons. The number of hydrogen-bond donors (Lipinski definition) is 1. The predicted octanol–water partition coefficient (Wildman–Crippen LogP) is 1.11. The number of benzene rings is 1. The molecule has 1 N–H and O–H groups in total. The van der Waals surface area contributed by atoms with E-state index in [0.29, 0.717) is 17.1 Å². The van der Waals surface area contributed by atoms with Gasteiger partial charge in [-0.05, 0) is 12.1 Å². The number of carboxylic acid groups (broad SMARTS) is 1. The number of carbonyl (C=O) groups is 2. The number of ketones is 1. The van der Waals surface area contributed by atoms with Crippen molar-refractivity contribution in [2.24, 2.45) is 5.92 Å². The van der Waals surface area contributed by atoms with Crippen LogP contribution < -0.4 is 9.47 Å². The lowest BCUT2D eigenvalue weighted by atomic mass is 10.0. The quantitative estimate of drug-likeness (QED) is 0.829. The summed E-state index contributed by atoms with van der Waals surface area (Å²) in [4.78, 5) is 23.1. The lowest BCUT2D eigenvalue weighted by Crippen LogP contribution is -2.37. The Hall–Kier alpha value is -2.04. The summed E-state index contributed by atoms with van der Waals surface area (Å²) >= 11 is 0. The Labute approximate surface area is 97.0 Å². The number of carbonyl (C=O) groups excluding carboxylic acids is 1. The van der Waals surface area contributed by atoms with Crippen molar-refractivity contribution in [2.45, 2.75) is 12.0 Å². The molecule has 0 aromatic heterocycles. The van der Waals surface area contributed by atoms with Gasteiger partial charge in [0.05, 0.1) is 18.6 Å². The number of methoxy groups -OCH3 is 1. The van der Waals surface area contributed by atoms with Crippen molar-refractivity contribution in [3.63, 3.8) is 0 Å². The standard InChI is InChI=1S/C12H10O5/c1-16-6-2-3-7-9(4-6)17-12(11(14)15)5-8(12)10(7)13/h2-4,8H,5H2,1H3,(H,14,15). The SMILES string of the molecule is COc1ccc2c(c1)OC1(C(=O)O)CC1C2=O. The molecule has 0 amide bonds. The van der Waals surface area contributed by atoms with Gasteiger partial charge in [-0.15, -0.1) is 0 Å². The molecule has 5 nitrogen and oxygen atoms in total. The summed E-state index contributed by atoms with van der Waals surface area (Å²) in [6, 6.07) is 4.82. The second-order valence-corrected chi connectivity index (χ2v) is 4.28. The van der Waals surface area contributed by atoms with Crippen LogP contribution in [-0.2, 0) is 4.79 Å². The van der Waals surface area contributed by atoms with Crippen LogP contribution >= 0.6 is 0 Å². The predicted molar refractivity (Wildman–Crippen MR) is 56.4 cm³/mol. The summed E-state index contributed by atoms with van der Waals surface area (Å²) in [5.74, 6) is -0.941. The Kier molecular flexibility index (Phi) is 1.79. The number of carboxylic acids is 1. The molecule has 0 saturated heterocycles. The van der Waals surface area contributed by atoms with E-state index in [1.165, 1.54) is 7.11 Å². The Bertz CT molecular complexity index is 536. The van der Waals surface area contributed by atoms with E-state index in [1.807, 2.05) is 0 Å². The minimum atomic E-state index is -1.34. The third-order valence-electron chi connectivity index (χ3n) is 3.33. The summed E-state index contributed by atoms with van der Waals surface area (Å²) < 4.78 is 10.5. The molecule has 17 heavy (non-hydrogen) atoms. The van der Waals surface area contributed by atoms with Gasteiger partial charge in [0.1, 0.15) is 11.5 Å². The van der Waals surface area contributed by atoms with E-state index in [2.05, 4.69) is 0 Å². The fourth-order valence-corrected chi connectivity index (χ4v) is 2.24. The third kappa shape index (κ3) is 1.19. The first-order valence-electron chi connectivity index (χ1n) is 5.23. The van der Waals surface area contributed by atoms with Gasteiger partial charge in [-0.1, -0.05) is 0 Å². The first-order valence-corrected chi connectivity index (χ1v) is 5.23. The largest absolute Gasteiger partial charge is 0.497 e. The maximum atomic E-state index is 12.0. The van der Waals surface area contributed by atoms with E-state index in [9.17, 15) is 9.59 Å². The topological polar surface area (TPSA) is 72.8 Å². The van der Waals surface area contributed by atoms with Crippen LogP contribution in [0.25, 0.3) is 0 Å². The van der Waals surface area contributed by atoms with Gasteiger partial charge in [0.25, 0.3) is 0 Å². The van der Waals surface area contributed by atoms with E-state index in [1.54, 1.807) is 18.2 Å². The van der Waals surface area contributed by atoms with Gasteiger partial charge in [-0.25, -0.2) is 4.79 Å². The van der Waals surface area contributed by atoms with Crippen molar-refractivity contribution in [1.82, 2.24) is 0 Å². The van der Waals surface area contributed by atoms with E-state index >= 15 is 0 Å². The van der Waals surface area contributed by atoms with Crippen LogP contribution in [0, 0.1) is 5.92 Å². The van der Waals surface area contributed by atoms with Crippen molar-refractivity contribution in [3.8, 4) is 11.5 Å². The molecule has 2 atom stereocenters. The first kappa shape index (κ1) is 10.1. The van der Waals surface area contributed by atoms with Gasteiger partial charge in [0.15, 0.2) is 5.78 Å². The highest BCUT2D eigenvalue weighted by molar-refractivity contribution is 6.09. The summed E-state index contributed by atoms with van der Waals surface area (Å²) in [6.07, 6.45) is 0.248. The molecule has 2 unspecified atom stereocenters. The summed E-state index contributed by atoms with van der Waals surface area (Å²) in [6.45, 7) is 0. The molecule has 1 heterocycles. The minimum Gasteiger partial charge on any atom is -0.497 e. The molecule has 0 bridgehead atoms. The van der Waals surface area contributed by atoms with Crippen LogP contribution in [0.1, 0.15) is 16.8 Å². The third-order valence-corrected chi connectivity index (χ3v) is 3.33. The summed E-state index contributed by atoms with van der Waals surface area (Å²) in [5.41, 5.74) is -0.902. The molecule has 3 rings (SSSR count). The highest BCUT2D eigenvalue weighted by atomic mass is 16.5. The molecule has 1 fully saturated rings. The molecule has 1 saturated carbocycles. The van der Waals surface area contributed by atoms with Gasteiger partial charge >= 0.3 is 5.97 Å². The van der Waals surface area contributed by atoms with Crippen molar-refractivity contribution in [2.75, 3.05) is 7.11 Å². The van der Waals surface area contributed by atoms with Crippen LogP contribution in [0.15, 0.2) is 18.2 Å². The van der Waals surface area contributed by atoms with Crippen LogP contribution in [0.4, 0.5) is 0 Å². The molecule has 1 aromatic rings. The highest BCUT2D eigenvalue weighted by Crippen LogP contribution is 2.54. The molecule has 2 aliphatic rings. The number of aliphatic carboxylic acids is 1. The zero-order chi connectivity index (χ0) is 12.2. The smallest absolute Gasteiger partial charge is 0.348 e. The minimum absolute atomic E-state index is 0.156. The first-order chi connectivity index (χ1) is 8.08. The van der Waals surface area contributed by atoms with E-state index < -0.39 is 17.5 Å². The summed E-state index contributed by atoms with van der Waals surface area (Å²) in [7, 11) is 1.50. The number of rotatable bonds is 2. The molecule has 1 aliphatic carbocycles. The van der Waals surface area contributed by atoms with Crippen LogP contribution in [0.2, 0.25) is 0 Å². The second-order valence-electron chi connectivity index (χ2n) is 4.28. The average Bonchev–Trinajstić information content (AvgIpc) is 3.05. The van der Waals surface area contributed by atoms with E-state index in [4.69, 9.17) is 14.6 Å². The van der Waals surface area contributed by atoms with Crippen molar-refractivity contribution >= 4 is 11.8 Å². The van der Waals surface area contributed by atoms with E-state index in [0.717, 1.165) is 0 Å². The van der Waals surface area contributed by atoms with Gasteiger partial charge in [0.2, 0.25) is 5.60 Å². The molecule has 88 valence electrons. The maximum Gasteiger partial charge on any atom is 0.348 e. The zero-order valence-electron chi connectivity index (χ0n) is 9.10. The lowest BCUT2D eigenvalue weighted by molar-refractivity contribution is -0.148. The lowest BCUT2D eigenvalue weighted by Gasteiger charge is -2.22. The summed E-state index contributed by atoms with van der Waals surface area (Å²) in [5, 5.41) is 9.10. The average molecular weight is 234 g/mol. The van der Waals surface area contributed by atoms with E-state index in [-0.39, 0.29) is 12.2 Å². The Balaban J connectivity index is 2.08. The Morgan fingerprint density at radius 2 is 2.35 bits per heavy atom. The molecular formula is C12H10O5. The van der Waals surface area contributed by atoms with Crippen LogP contribution in [-0.4, -0.2) is 29.6 Å². The number of ether oxygens (including phenoxy) is 2. The highest BCUT2D eigenvalue weighted by Gasteiger charge is 2.69. The zero-order valence-corrected chi connectivity index (χ0v) is 9.10. The maximum absolute atomic E-state index is 12.0. The van der Waals surface area contributed by atoms with Gasteiger partial charge < -0.3 is 14.6 Å². The van der Waals surface area contributed by atoms with Gasteiger partial charge in [-0.2, -0.15) is 0 Å². The number of fused-ring (bicyclic) bond motifs is 2. The van der Waals surface area contributed by atoms with Gasteiger partial charge in [0, 0.05) is 12.5 Å². The molecular weight excluding hydrogens is 224 g/mol. The van der Waals surface area contributed by atoms with Gasteiger partial charge in [-0.3, -0.25) is 4.79 Å². The Morgan fingerprint density at radius 1 is 1.59 bits per heavy atom. The fourth-order valence-electron chi connectivity index (χ4n) is 2.24. The van der Waals surface area contributed by atoms with Crippen molar-refractivity contribution in [1.29, 1.82) is 0 Å². The normalized spacial score (nSPS) is 28.8. The van der Waals surface area contributed by atoms with Crippen LogP contribution in [0.3, 0.4) is 0 Å². The molecule has 0 spiro atoms. The fraction of sp³-hybridized carbons (Fsp3) is 0.333.